The van der Waals surface area contributed by atoms with E-state index in [-0.39, 0.29) is 5.91 Å². The highest BCUT2D eigenvalue weighted by Gasteiger charge is 2.40. The predicted molar refractivity (Wildman–Crippen MR) is 72.6 cm³/mol. The Morgan fingerprint density at radius 2 is 2.06 bits per heavy atom. The van der Waals surface area contributed by atoms with Gasteiger partial charge in [-0.3, -0.25) is 4.79 Å². The third-order valence-electron chi connectivity index (χ3n) is 4.69. The highest BCUT2D eigenvalue weighted by Crippen LogP contribution is 2.44. The van der Waals surface area contributed by atoms with Crippen LogP contribution < -0.4 is 5.32 Å². The molecule has 2 heteroatoms. The van der Waals surface area contributed by atoms with E-state index in [0.29, 0.717) is 6.04 Å². The van der Waals surface area contributed by atoms with Crippen LogP contribution >= 0.6 is 0 Å². The first-order valence-corrected chi connectivity index (χ1v) is 7.01. The molecule has 0 aliphatic heterocycles. The van der Waals surface area contributed by atoms with Crippen molar-refractivity contribution in [1.29, 1.82) is 0 Å². The lowest BCUT2D eigenvalue weighted by Gasteiger charge is -2.23. The number of hydrogen-bond donors (Lipinski definition) is 1. The van der Waals surface area contributed by atoms with E-state index in [4.69, 9.17) is 0 Å². The molecule has 0 radical (unpaired) electrons. The fourth-order valence-corrected chi connectivity index (χ4v) is 3.65. The summed E-state index contributed by atoms with van der Waals surface area (Å²) in [5.74, 6) is 1.73. The predicted octanol–water partition coefficient (Wildman–Crippen LogP) is 3.22. The number of benzene rings is 1. The van der Waals surface area contributed by atoms with Crippen molar-refractivity contribution in [3.05, 3.63) is 34.9 Å². The molecule has 3 atom stereocenters. The van der Waals surface area contributed by atoms with Crippen molar-refractivity contribution in [1.82, 2.24) is 5.32 Å². The maximum absolute atomic E-state index is 12.3. The summed E-state index contributed by atoms with van der Waals surface area (Å²) < 4.78 is 0. The molecule has 1 N–H and O–H groups in total. The van der Waals surface area contributed by atoms with Gasteiger partial charge in [0, 0.05) is 11.6 Å². The van der Waals surface area contributed by atoms with Gasteiger partial charge in [0.05, 0.1) is 0 Å². The van der Waals surface area contributed by atoms with Gasteiger partial charge in [-0.15, -0.1) is 0 Å². The number of fused-ring (bicyclic) bond motifs is 2. The summed E-state index contributed by atoms with van der Waals surface area (Å²) in [4.78, 5) is 12.3. The first kappa shape index (κ1) is 11.8. The number of carbonyl (C=O) groups is 1. The average molecular weight is 243 g/mol. The molecule has 0 spiro atoms. The van der Waals surface area contributed by atoms with Crippen LogP contribution in [-0.2, 0) is 0 Å². The molecular formula is C16H21NO. The maximum Gasteiger partial charge on any atom is 0.251 e. The summed E-state index contributed by atoms with van der Waals surface area (Å²) in [6.45, 7) is 4.04. The molecule has 2 aliphatic rings. The molecule has 18 heavy (non-hydrogen) atoms. The van der Waals surface area contributed by atoms with Gasteiger partial charge in [0.15, 0.2) is 0 Å². The Morgan fingerprint density at radius 3 is 2.72 bits per heavy atom. The summed E-state index contributed by atoms with van der Waals surface area (Å²) in [7, 11) is 0. The SMILES string of the molecule is Cc1ccc(C)c(C(=O)NC2CC3CCC2C3)c1. The second kappa shape index (κ2) is 4.42. The zero-order valence-electron chi connectivity index (χ0n) is 11.2. The minimum absolute atomic E-state index is 0.119. The van der Waals surface area contributed by atoms with Crippen LogP contribution in [0.5, 0.6) is 0 Å². The molecule has 3 unspecified atom stereocenters. The highest BCUT2D eigenvalue weighted by atomic mass is 16.1. The van der Waals surface area contributed by atoms with Crippen molar-refractivity contribution in [2.45, 2.75) is 45.6 Å². The highest BCUT2D eigenvalue weighted by molar-refractivity contribution is 5.96. The van der Waals surface area contributed by atoms with E-state index in [0.717, 1.165) is 28.5 Å². The number of carbonyl (C=O) groups excluding carboxylic acids is 1. The number of amides is 1. The van der Waals surface area contributed by atoms with Crippen LogP contribution in [0.3, 0.4) is 0 Å². The van der Waals surface area contributed by atoms with Crippen LogP contribution in [-0.4, -0.2) is 11.9 Å². The van der Waals surface area contributed by atoms with Crippen LogP contribution in [0.1, 0.15) is 47.2 Å². The standard InChI is InChI=1S/C16H21NO/c1-10-3-4-11(2)14(7-10)16(18)17-15-9-12-5-6-13(15)8-12/h3-4,7,12-13,15H,5-6,8-9H2,1-2H3,(H,17,18). The Hall–Kier alpha value is -1.31. The molecule has 2 aliphatic carbocycles. The van der Waals surface area contributed by atoms with E-state index >= 15 is 0 Å². The molecule has 0 saturated heterocycles. The van der Waals surface area contributed by atoms with Crippen LogP contribution in [0.15, 0.2) is 18.2 Å². The number of aryl methyl sites for hydroxylation is 2. The lowest BCUT2D eigenvalue weighted by atomic mass is 9.94. The van der Waals surface area contributed by atoms with Gasteiger partial charge in [0.25, 0.3) is 5.91 Å². The second-order valence-corrected chi connectivity index (χ2v) is 6.07. The molecule has 0 heterocycles. The van der Waals surface area contributed by atoms with Crippen molar-refractivity contribution in [3.63, 3.8) is 0 Å². The lowest BCUT2D eigenvalue weighted by molar-refractivity contribution is 0.0922. The van der Waals surface area contributed by atoms with Crippen molar-refractivity contribution in [2.75, 3.05) is 0 Å². The van der Waals surface area contributed by atoms with E-state index < -0.39 is 0 Å². The first-order chi connectivity index (χ1) is 8.63. The quantitative estimate of drug-likeness (QED) is 0.849. The molecule has 0 aromatic heterocycles. The molecular weight excluding hydrogens is 222 g/mol. The summed E-state index contributed by atoms with van der Waals surface area (Å²) in [5, 5.41) is 3.26. The molecule has 1 aromatic rings. The fraction of sp³-hybridized carbons (Fsp3) is 0.562. The Kier molecular flexibility index (Phi) is 2.89. The van der Waals surface area contributed by atoms with E-state index in [1.165, 1.54) is 25.7 Å². The third-order valence-corrected chi connectivity index (χ3v) is 4.69. The largest absolute Gasteiger partial charge is 0.349 e. The number of rotatable bonds is 2. The minimum Gasteiger partial charge on any atom is -0.349 e. The molecule has 2 bridgehead atoms. The van der Waals surface area contributed by atoms with Crippen molar-refractivity contribution < 1.29 is 4.79 Å². The van der Waals surface area contributed by atoms with Crippen molar-refractivity contribution in [3.8, 4) is 0 Å². The van der Waals surface area contributed by atoms with Crippen LogP contribution in [0, 0.1) is 25.7 Å². The van der Waals surface area contributed by atoms with E-state index in [9.17, 15) is 4.79 Å². The molecule has 1 aromatic carbocycles. The summed E-state index contributed by atoms with van der Waals surface area (Å²) in [6.07, 6.45) is 5.21. The van der Waals surface area contributed by atoms with Gasteiger partial charge in [-0.25, -0.2) is 0 Å². The smallest absolute Gasteiger partial charge is 0.251 e. The Balaban J connectivity index is 1.73. The number of hydrogen-bond acceptors (Lipinski definition) is 1. The molecule has 3 rings (SSSR count). The van der Waals surface area contributed by atoms with Gasteiger partial charge in [0.1, 0.15) is 0 Å². The van der Waals surface area contributed by atoms with Crippen molar-refractivity contribution in [2.24, 2.45) is 11.8 Å². The van der Waals surface area contributed by atoms with Crippen LogP contribution in [0.2, 0.25) is 0 Å². The van der Waals surface area contributed by atoms with Gasteiger partial charge in [-0.05, 0) is 56.6 Å². The molecule has 2 fully saturated rings. The lowest BCUT2D eigenvalue weighted by Crippen LogP contribution is -2.38. The minimum atomic E-state index is 0.119. The Bertz CT molecular complexity index is 480. The van der Waals surface area contributed by atoms with Gasteiger partial charge >= 0.3 is 0 Å². The van der Waals surface area contributed by atoms with Crippen LogP contribution in [0.4, 0.5) is 0 Å². The Labute approximate surface area is 109 Å². The van der Waals surface area contributed by atoms with Gasteiger partial charge in [-0.2, -0.15) is 0 Å². The van der Waals surface area contributed by atoms with Crippen molar-refractivity contribution >= 4 is 5.91 Å². The van der Waals surface area contributed by atoms with E-state index in [2.05, 4.69) is 11.4 Å². The second-order valence-electron chi connectivity index (χ2n) is 6.07. The number of nitrogens with one attached hydrogen (secondary N) is 1. The topological polar surface area (TPSA) is 29.1 Å². The van der Waals surface area contributed by atoms with Gasteiger partial charge in [-0.1, -0.05) is 24.1 Å². The summed E-state index contributed by atoms with van der Waals surface area (Å²) >= 11 is 0. The van der Waals surface area contributed by atoms with Gasteiger partial charge < -0.3 is 5.32 Å². The van der Waals surface area contributed by atoms with E-state index in [1.807, 2.05) is 26.0 Å². The fourth-order valence-electron chi connectivity index (χ4n) is 3.65. The van der Waals surface area contributed by atoms with Gasteiger partial charge in [0.2, 0.25) is 0 Å². The van der Waals surface area contributed by atoms with Crippen LogP contribution in [0.25, 0.3) is 0 Å². The zero-order valence-corrected chi connectivity index (χ0v) is 11.2. The summed E-state index contributed by atoms with van der Waals surface area (Å²) in [5.41, 5.74) is 3.07. The summed E-state index contributed by atoms with van der Waals surface area (Å²) in [6, 6.07) is 6.52. The Morgan fingerprint density at radius 1 is 1.22 bits per heavy atom. The zero-order chi connectivity index (χ0) is 12.7. The molecule has 2 nitrogen and oxygen atoms in total. The molecule has 96 valence electrons. The van der Waals surface area contributed by atoms with E-state index in [1.54, 1.807) is 0 Å². The monoisotopic (exact) mass is 243 g/mol. The first-order valence-electron chi connectivity index (χ1n) is 7.01. The third kappa shape index (κ3) is 2.05. The normalized spacial score (nSPS) is 29.6. The maximum atomic E-state index is 12.3. The average Bonchev–Trinajstić information content (AvgIpc) is 2.94. The molecule has 1 amide bonds. The molecule has 2 saturated carbocycles.